The fourth-order valence-corrected chi connectivity index (χ4v) is 3.32. The molecule has 0 spiro atoms. The van der Waals surface area contributed by atoms with E-state index in [0.717, 1.165) is 50.1 Å². The number of nitrogens with zero attached hydrogens (tertiary/aromatic N) is 2. The van der Waals surface area contributed by atoms with Crippen molar-refractivity contribution < 1.29 is 4.79 Å². The van der Waals surface area contributed by atoms with Crippen LogP contribution in [-0.4, -0.2) is 35.4 Å². The topological polar surface area (TPSA) is 45.2 Å². The minimum Gasteiger partial charge on any atom is -0.352 e. The molecule has 0 radical (unpaired) electrons. The van der Waals surface area contributed by atoms with Crippen LogP contribution < -0.4 is 5.32 Å². The molecule has 132 valence electrons. The van der Waals surface area contributed by atoms with Gasteiger partial charge in [0.05, 0.1) is 0 Å². The normalized spacial score (nSPS) is 15.9. The number of hydrogen-bond donors (Lipinski definition) is 1. The molecule has 1 aromatic carbocycles. The zero-order chi connectivity index (χ0) is 17.6. The Morgan fingerprint density at radius 2 is 2.00 bits per heavy atom. The second-order valence-corrected chi connectivity index (χ2v) is 7.09. The van der Waals surface area contributed by atoms with Gasteiger partial charge in [0.25, 0.3) is 5.91 Å². The van der Waals surface area contributed by atoms with Gasteiger partial charge in [-0.05, 0) is 80.6 Å². The van der Waals surface area contributed by atoms with E-state index in [9.17, 15) is 4.79 Å². The van der Waals surface area contributed by atoms with Gasteiger partial charge in [-0.25, -0.2) is 0 Å². The monoisotopic (exact) mass is 337 g/mol. The largest absolute Gasteiger partial charge is 0.352 e. The highest BCUT2D eigenvalue weighted by Crippen LogP contribution is 2.18. The second-order valence-electron chi connectivity index (χ2n) is 7.09. The summed E-state index contributed by atoms with van der Waals surface area (Å²) in [6.07, 6.45) is 6.02. The average Bonchev–Trinajstić information content (AvgIpc) is 2.64. The number of carbonyl (C=O) groups is 1. The smallest absolute Gasteiger partial charge is 0.251 e. The lowest BCUT2D eigenvalue weighted by atomic mass is 9.96. The highest BCUT2D eigenvalue weighted by molar-refractivity contribution is 5.94. The molecule has 1 aromatic heterocycles. The predicted octanol–water partition coefficient (Wildman–Crippen LogP) is 3.34. The first-order valence-electron chi connectivity index (χ1n) is 9.08. The molecule has 1 N–H and O–H groups in total. The number of hydrogen-bond acceptors (Lipinski definition) is 3. The van der Waals surface area contributed by atoms with Crippen molar-refractivity contribution in [2.24, 2.45) is 5.92 Å². The molecule has 1 fully saturated rings. The van der Waals surface area contributed by atoms with Crippen LogP contribution in [0, 0.1) is 19.8 Å². The number of piperidine rings is 1. The minimum absolute atomic E-state index is 0.0425. The van der Waals surface area contributed by atoms with Crippen LogP contribution in [0.2, 0.25) is 0 Å². The molecule has 3 rings (SSSR count). The molecule has 1 aliphatic rings. The predicted molar refractivity (Wildman–Crippen MR) is 100 cm³/mol. The lowest BCUT2D eigenvalue weighted by molar-refractivity contribution is 0.0935. The van der Waals surface area contributed by atoms with E-state index < -0.39 is 0 Å². The van der Waals surface area contributed by atoms with Gasteiger partial charge >= 0.3 is 0 Å². The first-order valence-corrected chi connectivity index (χ1v) is 9.08. The number of carbonyl (C=O) groups excluding carboxylic acids is 1. The van der Waals surface area contributed by atoms with Crippen LogP contribution in [-0.2, 0) is 6.54 Å². The van der Waals surface area contributed by atoms with Gasteiger partial charge in [-0.2, -0.15) is 0 Å². The van der Waals surface area contributed by atoms with Crippen LogP contribution in [0.1, 0.15) is 39.9 Å². The van der Waals surface area contributed by atoms with Crippen molar-refractivity contribution in [2.45, 2.75) is 33.2 Å². The zero-order valence-corrected chi connectivity index (χ0v) is 15.2. The van der Waals surface area contributed by atoms with Crippen molar-refractivity contribution in [2.75, 3.05) is 19.6 Å². The Kier molecular flexibility index (Phi) is 5.82. The Morgan fingerprint density at radius 1 is 1.20 bits per heavy atom. The van der Waals surface area contributed by atoms with Gasteiger partial charge in [-0.3, -0.25) is 14.7 Å². The van der Waals surface area contributed by atoms with Crippen LogP contribution in [0.5, 0.6) is 0 Å². The van der Waals surface area contributed by atoms with E-state index in [2.05, 4.69) is 28.2 Å². The SMILES string of the molecule is Cc1ccc(C(=O)NCC2CCN(Cc3cccnc3)CC2)cc1C. The lowest BCUT2D eigenvalue weighted by Crippen LogP contribution is -2.38. The Balaban J connectivity index is 1.43. The molecule has 0 unspecified atom stereocenters. The summed E-state index contributed by atoms with van der Waals surface area (Å²) in [6, 6.07) is 10.0. The van der Waals surface area contributed by atoms with Gasteiger partial charge in [0.15, 0.2) is 0 Å². The van der Waals surface area contributed by atoms with E-state index >= 15 is 0 Å². The zero-order valence-electron chi connectivity index (χ0n) is 15.2. The number of benzene rings is 1. The van der Waals surface area contributed by atoms with Gasteiger partial charge in [-0.1, -0.05) is 12.1 Å². The Hall–Kier alpha value is -2.20. The Morgan fingerprint density at radius 3 is 2.68 bits per heavy atom. The minimum atomic E-state index is 0.0425. The highest BCUT2D eigenvalue weighted by Gasteiger charge is 2.20. The van der Waals surface area contributed by atoms with Gasteiger partial charge in [-0.15, -0.1) is 0 Å². The molecule has 1 amide bonds. The third-order valence-electron chi connectivity index (χ3n) is 5.16. The maximum atomic E-state index is 12.3. The van der Waals surface area contributed by atoms with Crippen molar-refractivity contribution in [3.8, 4) is 0 Å². The highest BCUT2D eigenvalue weighted by atomic mass is 16.1. The molecular weight excluding hydrogens is 310 g/mol. The van der Waals surface area contributed by atoms with Crippen molar-refractivity contribution in [3.05, 3.63) is 65.0 Å². The van der Waals surface area contributed by atoms with Gasteiger partial charge in [0.1, 0.15) is 0 Å². The molecule has 2 aromatic rings. The number of nitrogens with one attached hydrogen (secondary N) is 1. The maximum Gasteiger partial charge on any atom is 0.251 e. The first kappa shape index (κ1) is 17.6. The third-order valence-corrected chi connectivity index (χ3v) is 5.16. The van der Waals surface area contributed by atoms with Crippen molar-refractivity contribution in [3.63, 3.8) is 0 Å². The molecule has 0 atom stereocenters. The Bertz CT molecular complexity index is 706. The van der Waals surface area contributed by atoms with Gasteiger partial charge < -0.3 is 5.32 Å². The molecule has 1 aliphatic heterocycles. The fraction of sp³-hybridized carbons (Fsp3) is 0.429. The summed E-state index contributed by atoms with van der Waals surface area (Å²) in [7, 11) is 0. The van der Waals surface area contributed by atoms with Crippen LogP contribution in [0.4, 0.5) is 0 Å². The molecule has 25 heavy (non-hydrogen) atoms. The number of amides is 1. The lowest BCUT2D eigenvalue weighted by Gasteiger charge is -2.32. The van der Waals surface area contributed by atoms with Crippen LogP contribution in [0.15, 0.2) is 42.7 Å². The van der Waals surface area contributed by atoms with Crippen molar-refractivity contribution >= 4 is 5.91 Å². The quantitative estimate of drug-likeness (QED) is 0.910. The summed E-state index contributed by atoms with van der Waals surface area (Å²) in [6.45, 7) is 8.01. The van der Waals surface area contributed by atoms with Crippen LogP contribution in [0.25, 0.3) is 0 Å². The van der Waals surface area contributed by atoms with E-state index in [0.29, 0.717) is 5.92 Å². The fourth-order valence-electron chi connectivity index (χ4n) is 3.32. The summed E-state index contributed by atoms with van der Waals surface area (Å²) < 4.78 is 0. The van der Waals surface area contributed by atoms with Crippen molar-refractivity contribution in [1.82, 2.24) is 15.2 Å². The van der Waals surface area contributed by atoms with E-state index in [-0.39, 0.29) is 5.91 Å². The standard InChI is InChI=1S/C21H27N3O/c1-16-5-6-20(12-17(16)2)21(25)23-14-18-7-10-24(11-8-18)15-19-4-3-9-22-13-19/h3-6,9,12-13,18H,7-8,10-11,14-15H2,1-2H3,(H,23,25). The van der Waals surface area contributed by atoms with E-state index in [1.165, 1.54) is 11.1 Å². The maximum absolute atomic E-state index is 12.3. The van der Waals surface area contributed by atoms with Gasteiger partial charge in [0, 0.05) is 31.0 Å². The van der Waals surface area contributed by atoms with E-state index in [1.807, 2.05) is 43.6 Å². The number of rotatable bonds is 5. The summed E-state index contributed by atoms with van der Waals surface area (Å²) in [4.78, 5) is 19.0. The van der Waals surface area contributed by atoms with Crippen molar-refractivity contribution in [1.29, 1.82) is 0 Å². The van der Waals surface area contributed by atoms with E-state index in [4.69, 9.17) is 0 Å². The summed E-state index contributed by atoms with van der Waals surface area (Å²) >= 11 is 0. The molecule has 0 saturated carbocycles. The molecular formula is C21H27N3O. The van der Waals surface area contributed by atoms with Gasteiger partial charge in [0.2, 0.25) is 0 Å². The Labute approximate surface area is 150 Å². The number of aryl methyl sites for hydroxylation is 2. The molecule has 0 bridgehead atoms. The summed E-state index contributed by atoms with van der Waals surface area (Å²) in [5, 5.41) is 3.11. The summed E-state index contributed by atoms with van der Waals surface area (Å²) in [5.41, 5.74) is 4.41. The molecule has 4 nitrogen and oxygen atoms in total. The molecule has 2 heterocycles. The third kappa shape index (κ3) is 4.89. The average molecular weight is 337 g/mol. The molecule has 0 aliphatic carbocycles. The number of pyridine rings is 1. The van der Waals surface area contributed by atoms with E-state index in [1.54, 1.807) is 0 Å². The number of likely N-dealkylation sites (tertiary alicyclic amines) is 1. The van der Waals surface area contributed by atoms with Crippen LogP contribution in [0.3, 0.4) is 0 Å². The summed E-state index contributed by atoms with van der Waals surface area (Å²) in [5.74, 6) is 0.613. The second kappa shape index (κ2) is 8.26. The first-order chi connectivity index (χ1) is 12.1. The molecule has 1 saturated heterocycles. The van der Waals surface area contributed by atoms with Crippen LogP contribution >= 0.6 is 0 Å². The molecule has 4 heteroatoms. The number of aromatic nitrogens is 1.